The van der Waals surface area contributed by atoms with Crippen LogP contribution in [0.4, 0.5) is 0 Å². The lowest BCUT2D eigenvalue weighted by Gasteiger charge is -2.16. The van der Waals surface area contributed by atoms with Gasteiger partial charge in [-0.2, -0.15) is 0 Å². The molecular weight excluding hydrogens is 426 g/mol. The molecule has 0 fully saturated rings. The van der Waals surface area contributed by atoms with Crippen molar-refractivity contribution in [2.45, 2.75) is 40.5 Å². The lowest BCUT2D eigenvalue weighted by atomic mass is 10.1. The van der Waals surface area contributed by atoms with Crippen molar-refractivity contribution in [3.05, 3.63) is 93.0 Å². The van der Waals surface area contributed by atoms with Gasteiger partial charge in [-0.15, -0.1) is 0 Å². The highest BCUT2D eigenvalue weighted by Gasteiger charge is 2.12. The second kappa shape index (κ2) is 10.5. The van der Waals surface area contributed by atoms with Gasteiger partial charge in [0.15, 0.2) is 11.5 Å². The number of hydrogen-bond donors (Lipinski definition) is 1. The molecule has 0 saturated carbocycles. The van der Waals surface area contributed by atoms with Crippen molar-refractivity contribution >= 4 is 15.9 Å². The van der Waals surface area contributed by atoms with Gasteiger partial charge in [-0.3, -0.25) is 0 Å². The quantitative estimate of drug-likeness (QED) is 0.410. The van der Waals surface area contributed by atoms with E-state index in [0.717, 1.165) is 34.6 Å². The van der Waals surface area contributed by atoms with Crippen LogP contribution in [0, 0.1) is 13.8 Å². The van der Waals surface area contributed by atoms with Gasteiger partial charge in [0.25, 0.3) is 0 Å². The van der Waals surface area contributed by atoms with Crippen molar-refractivity contribution in [2.24, 2.45) is 0 Å². The van der Waals surface area contributed by atoms with E-state index in [2.05, 4.69) is 77.6 Å². The first kappa shape index (κ1) is 21.4. The smallest absolute Gasteiger partial charge is 0.162 e. The van der Waals surface area contributed by atoms with Crippen LogP contribution in [0.1, 0.15) is 34.7 Å². The molecule has 0 atom stereocenters. The molecule has 4 heteroatoms. The van der Waals surface area contributed by atoms with E-state index in [4.69, 9.17) is 9.47 Å². The zero-order valence-electron chi connectivity index (χ0n) is 17.3. The monoisotopic (exact) mass is 453 g/mol. The summed E-state index contributed by atoms with van der Waals surface area (Å²) in [5.41, 5.74) is 6.09. The van der Waals surface area contributed by atoms with E-state index < -0.39 is 0 Å². The third-order valence-corrected chi connectivity index (χ3v) is 5.56. The normalized spacial score (nSPS) is 10.8. The molecule has 3 rings (SSSR count). The Morgan fingerprint density at radius 1 is 0.828 bits per heavy atom. The fraction of sp³-hybridized carbons (Fsp3) is 0.280. The molecular formula is C25H28BrNO2. The second-order valence-electron chi connectivity index (χ2n) is 7.13. The van der Waals surface area contributed by atoms with Gasteiger partial charge in [-0.25, -0.2) is 0 Å². The SMILES string of the molecule is CCOc1cc(CNCc2ccc(C)cc2)c(Br)cc1OCc1ccccc1C. The van der Waals surface area contributed by atoms with E-state index in [1.165, 1.54) is 22.3 Å². The average molecular weight is 454 g/mol. The Morgan fingerprint density at radius 2 is 1.55 bits per heavy atom. The fourth-order valence-electron chi connectivity index (χ4n) is 3.07. The molecule has 0 radical (unpaired) electrons. The molecule has 1 N–H and O–H groups in total. The summed E-state index contributed by atoms with van der Waals surface area (Å²) in [5, 5.41) is 3.51. The van der Waals surface area contributed by atoms with Crippen LogP contribution in [0.2, 0.25) is 0 Å². The summed E-state index contributed by atoms with van der Waals surface area (Å²) in [6, 6.07) is 20.9. The maximum Gasteiger partial charge on any atom is 0.162 e. The summed E-state index contributed by atoms with van der Waals surface area (Å²) >= 11 is 3.69. The van der Waals surface area contributed by atoms with Crippen LogP contribution in [0.5, 0.6) is 11.5 Å². The van der Waals surface area contributed by atoms with Crippen LogP contribution in [0.3, 0.4) is 0 Å². The van der Waals surface area contributed by atoms with E-state index in [1.54, 1.807) is 0 Å². The summed E-state index contributed by atoms with van der Waals surface area (Å²) < 4.78 is 13.0. The molecule has 0 saturated heterocycles. The van der Waals surface area contributed by atoms with E-state index >= 15 is 0 Å². The summed E-state index contributed by atoms with van der Waals surface area (Å²) in [6.07, 6.45) is 0. The van der Waals surface area contributed by atoms with Gasteiger partial charge in [0.05, 0.1) is 6.61 Å². The van der Waals surface area contributed by atoms with Crippen molar-refractivity contribution in [2.75, 3.05) is 6.61 Å². The first-order chi connectivity index (χ1) is 14.1. The van der Waals surface area contributed by atoms with Gasteiger partial charge in [0.1, 0.15) is 6.61 Å². The third kappa shape index (κ3) is 6.09. The number of aryl methyl sites for hydroxylation is 2. The highest BCUT2D eigenvalue weighted by molar-refractivity contribution is 9.10. The lowest BCUT2D eigenvalue weighted by Crippen LogP contribution is -2.13. The summed E-state index contributed by atoms with van der Waals surface area (Å²) in [4.78, 5) is 0. The Hall–Kier alpha value is -2.30. The molecule has 29 heavy (non-hydrogen) atoms. The van der Waals surface area contributed by atoms with Crippen molar-refractivity contribution in [3.63, 3.8) is 0 Å². The highest BCUT2D eigenvalue weighted by Crippen LogP contribution is 2.34. The molecule has 3 aromatic carbocycles. The Balaban J connectivity index is 1.68. The predicted molar refractivity (Wildman–Crippen MR) is 123 cm³/mol. The number of hydrogen-bond acceptors (Lipinski definition) is 3. The first-order valence-corrected chi connectivity index (χ1v) is 10.7. The minimum absolute atomic E-state index is 0.518. The molecule has 0 bridgehead atoms. The third-order valence-electron chi connectivity index (χ3n) is 4.82. The molecule has 0 spiro atoms. The number of benzene rings is 3. The molecule has 0 aliphatic heterocycles. The summed E-state index contributed by atoms with van der Waals surface area (Å²) in [5.74, 6) is 1.53. The molecule has 0 aliphatic carbocycles. The molecule has 3 aromatic rings. The number of rotatable bonds is 9. The Bertz CT molecular complexity index is 938. The highest BCUT2D eigenvalue weighted by atomic mass is 79.9. The Labute approximate surface area is 182 Å². The van der Waals surface area contributed by atoms with Gasteiger partial charge in [-0.1, -0.05) is 70.0 Å². The van der Waals surface area contributed by atoms with Gasteiger partial charge < -0.3 is 14.8 Å². The van der Waals surface area contributed by atoms with Crippen LogP contribution in [-0.2, 0) is 19.7 Å². The lowest BCUT2D eigenvalue weighted by molar-refractivity contribution is 0.268. The standard InChI is InChI=1S/C25H28BrNO2/c1-4-28-24-13-22(16-27-15-20-11-9-18(2)10-12-20)23(26)14-25(24)29-17-21-8-6-5-7-19(21)3/h5-14,27H,4,15-17H2,1-3H3. The number of halogens is 1. The van der Waals surface area contributed by atoms with Crippen LogP contribution in [-0.4, -0.2) is 6.61 Å². The van der Waals surface area contributed by atoms with E-state index in [0.29, 0.717) is 13.2 Å². The predicted octanol–water partition coefficient (Wildman–Crippen LogP) is 6.33. The number of nitrogens with one attached hydrogen (secondary N) is 1. The zero-order chi connectivity index (χ0) is 20.6. The molecule has 0 aromatic heterocycles. The van der Waals surface area contributed by atoms with Crippen molar-refractivity contribution < 1.29 is 9.47 Å². The minimum Gasteiger partial charge on any atom is -0.490 e. The molecule has 0 amide bonds. The number of ether oxygens (including phenoxy) is 2. The van der Waals surface area contributed by atoms with Crippen molar-refractivity contribution in [1.82, 2.24) is 5.32 Å². The zero-order valence-corrected chi connectivity index (χ0v) is 18.9. The van der Waals surface area contributed by atoms with Crippen molar-refractivity contribution in [3.8, 4) is 11.5 Å². The van der Waals surface area contributed by atoms with Crippen LogP contribution >= 0.6 is 15.9 Å². The maximum atomic E-state index is 6.10. The van der Waals surface area contributed by atoms with Gasteiger partial charge in [0, 0.05) is 17.6 Å². The van der Waals surface area contributed by atoms with Crippen LogP contribution < -0.4 is 14.8 Å². The van der Waals surface area contributed by atoms with E-state index in [-0.39, 0.29) is 0 Å². The Morgan fingerprint density at radius 3 is 2.28 bits per heavy atom. The molecule has 152 valence electrons. The van der Waals surface area contributed by atoms with E-state index in [1.807, 2.05) is 25.1 Å². The maximum absolute atomic E-state index is 6.10. The van der Waals surface area contributed by atoms with Crippen LogP contribution in [0.25, 0.3) is 0 Å². The molecule has 0 aliphatic rings. The van der Waals surface area contributed by atoms with Gasteiger partial charge in [-0.05, 0) is 55.2 Å². The molecule has 3 nitrogen and oxygen atoms in total. The molecule has 0 heterocycles. The van der Waals surface area contributed by atoms with E-state index in [9.17, 15) is 0 Å². The van der Waals surface area contributed by atoms with Crippen molar-refractivity contribution in [1.29, 1.82) is 0 Å². The first-order valence-electron chi connectivity index (χ1n) is 9.95. The minimum atomic E-state index is 0.518. The molecule has 0 unspecified atom stereocenters. The average Bonchev–Trinajstić information content (AvgIpc) is 2.71. The second-order valence-corrected chi connectivity index (χ2v) is 7.98. The topological polar surface area (TPSA) is 30.5 Å². The fourth-order valence-corrected chi connectivity index (χ4v) is 3.53. The summed E-state index contributed by atoms with van der Waals surface area (Å²) in [6.45, 7) is 8.87. The largest absolute Gasteiger partial charge is 0.490 e. The Kier molecular flexibility index (Phi) is 7.73. The summed E-state index contributed by atoms with van der Waals surface area (Å²) in [7, 11) is 0. The van der Waals surface area contributed by atoms with Gasteiger partial charge in [0.2, 0.25) is 0 Å². The van der Waals surface area contributed by atoms with Crippen LogP contribution in [0.15, 0.2) is 65.1 Å². The van der Waals surface area contributed by atoms with Gasteiger partial charge >= 0.3 is 0 Å².